The van der Waals surface area contributed by atoms with Gasteiger partial charge in [0.2, 0.25) is 5.91 Å². The van der Waals surface area contributed by atoms with Crippen LogP contribution in [0, 0.1) is 20.8 Å². The summed E-state index contributed by atoms with van der Waals surface area (Å²) >= 11 is 0. The molecule has 0 saturated heterocycles. The van der Waals surface area contributed by atoms with Gasteiger partial charge in [0.1, 0.15) is 11.3 Å². The second kappa shape index (κ2) is 10.8. The van der Waals surface area contributed by atoms with Gasteiger partial charge in [-0.1, -0.05) is 23.8 Å². The number of hydrogen-bond acceptors (Lipinski definition) is 5. The lowest BCUT2D eigenvalue weighted by molar-refractivity contribution is -0.111. The van der Waals surface area contributed by atoms with Crippen molar-refractivity contribution in [3.8, 4) is 28.4 Å². The monoisotopic (exact) mass is 499 g/mol. The fraction of sp³-hybridized carbons (Fsp3) is 0.258. The Labute approximate surface area is 217 Å². The second-order valence-electron chi connectivity index (χ2n) is 9.04. The van der Waals surface area contributed by atoms with E-state index in [1.807, 2.05) is 20.8 Å². The third-order valence-corrected chi connectivity index (χ3v) is 6.43. The van der Waals surface area contributed by atoms with Gasteiger partial charge in [0.05, 0.1) is 27.1 Å². The molecule has 1 N–H and O–H groups in total. The van der Waals surface area contributed by atoms with Gasteiger partial charge < -0.3 is 23.9 Å². The molecule has 192 valence electrons. The third kappa shape index (κ3) is 5.19. The Morgan fingerprint density at radius 3 is 2.41 bits per heavy atom. The Morgan fingerprint density at radius 1 is 0.973 bits per heavy atom. The highest BCUT2D eigenvalue weighted by Gasteiger charge is 2.20. The van der Waals surface area contributed by atoms with E-state index in [2.05, 4.69) is 43.4 Å². The van der Waals surface area contributed by atoms with Crippen LogP contribution in [0.3, 0.4) is 0 Å². The van der Waals surface area contributed by atoms with Crippen LogP contribution < -0.4 is 19.5 Å². The number of hydrogen-bond donors (Lipinski definition) is 1. The van der Waals surface area contributed by atoms with E-state index in [0.29, 0.717) is 29.5 Å². The maximum atomic E-state index is 13.0. The number of rotatable bonds is 8. The molecule has 1 aromatic heterocycles. The van der Waals surface area contributed by atoms with Gasteiger partial charge in [-0.3, -0.25) is 4.79 Å². The molecule has 0 spiro atoms. The molecule has 1 amide bonds. The van der Waals surface area contributed by atoms with E-state index >= 15 is 0 Å². The van der Waals surface area contributed by atoms with Crippen LogP contribution in [0.2, 0.25) is 0 Å². The highest BCUT2D eigenvalue weighted by Crippen LogP contribution is 2.41. The summed E-state index contributed by atoms with van der Waals surface area (Å²) in [5, 5.41) is 3.89. The highest BCUT2D eigenvalue weighted by atomic mass is 16.5. The van der Waals surface area contributed by atoms with Crippen molar-refractivity contribution in [3.63, 3.8) is 0 Å². The van der Waals surface area contributed by atoms with Gasteiger partial charge >= 0.3 is 0 Å². The summed E-state index contributed by atoms with van der Waals surface area (Å²) in [6.07, 6.45) is 3.38. The largest absolute Gasteiger partial charge is 0.493 e. The number of methoxy groups -OCH3 is 2. The van der Waals surface area contributed by atoms with E-state index in [1.54, 1.807) is 44.8 Å². The minimum Gasteiger partial charge on any atom is -0.493 e. The molecule has 0 aliphatic rings. The van der Waals surface area contributed by atoms with Gasteiger partial charge in [0.25, 0.3) is 0 Å². The molecule has 0 saturated carbocycles. The molecule has 3 aromatic carbocycles. The van der Waals surface area contributed by atoms with Crippen LogP contribution in [0.25, 0.3) is 27.7 Å². The van der Waals surface area contributed by atoms with E-state index in [9.17, 15) is 4.79 Å². The Hall–Kier alpha value is -4.19. The molecule has 0 atom stereocenters. The number of anilines is 1. The van der Waals surface area contributed by atoms with Crippen molar-refractivity contribution in [1.29, 1.82) is 0 Å². The van der Waals surface area contributed by atoms with E-state index < -0.39 is 0 Å². The number of allylic oxidation sites excluding steroid dienone is 1. The summed E-state index contributed by atoms with van der Waals surface area (Å²) < 4.78 is 22.7. The van der Waals surface area contributed by atoms with Crippen LogP contribution in [0.1, 0.15) is 36.1 Å². The van der Waals surface area contributed by atoms with Crippen molar-refractivity contribution < 1.29 is 23.4 Å². The first kappa shape index (κ1) is 25.9. The third-order valence-electron chi connectivity index (χ3n) is 6.43. The van der Waals surface area contributed by atoms with Crippen molar-refractivity contribution in [2.24, 2.45) is 0 Å². The summed E-state index contributed by atoms with van der Waals surface area (Å²) in [6, 6.07) is 13.7. The number of amides is 1. The van der Waals surface area contributed by atoms with Crippen LogP contribution in [-0.4, -0.2) is 26.7 Å². The number of fused-ring (bicyclic) bond motifs is 1. The molecular weight excluding hydrogens is 466 g/mol. The van der Waals surface area contributed by atoms with E-state index in [1.165, 1.54) is 11.1 Å². The maximum Gasteiger partial charge on any atom is 0.248 e. The molecule has 4 rings (SSSR count). The molecule has 0 radical (unpaired) electrons. The van der Waals surface area contributed by atoms with Crippen LogP contribution >= 0.6 is 0 Å². The molecule has 0 bridgehead atoms. The lowest BCUT2D eigenvalue weighted by atomic mass is 9.94. The average Bonchev–Trinajstić information content (AvgIpc) is 3.29. The zero-order valence-electron chi connectivity index (χ0n) is 22.4. The van der Waals surface area contributed by atoms with Crippen molar-refractivity contribution in [2.45, 2.75) is 34.6 Å². The zero-order chi connectivity index (χ0) is 26.7. The molecule has 6 heteroatoms. The summed E-state index contributed by atoms with van der Waals surface area (Å²) in [5.74, 6) is 1.59. The molecule has 6 nitrogen and oxygen atoms in total. The number of benzene rings is 3. The van der Waals surface area contributed by atoms with Gasteiger partial charge in [-0.2, -0.15) is 0 Å². The van der Waals surface area contributed by atoms with Crippen LogP contribution in [0.4, 0.5) is 5.69 Å². The average molecular weight is 500 g/mol. The predicted molar refractivity (Wildman–Crippen MR) is 149 cm³/mol. The van der Waals surface area contributed by atoms with Gasteiger partial charge in [-0.25, -0.2) is 0 Å². The van der Waals surface area contributed by atoms with Crippen molar-refractivity contribution in [1.82, 2.24) is 0 Å². The van der Waals surface area contributed by atoms with Gasteiger partial charge in [-0.05, 0) is 69.5 Å². The fourth-order valence-corrected chi connectivity index (χ4v) is 4.63. The number of carbonyl (C=O) groups is 1. The fourth-order valence-electron chi connectivity index (χ4n) is 4.63. The first-order valence-corrected chi connectivity index (χ1v) is 12.2. The van der Waals surface area contributed by atoms with E-state index in [-0.39, 0.29) is 5.91 Å². The lowest BCUT2D eigenvalue weighted by Crippen LogP contribution is -2.09. The molecule has 0 aliphatic heterocycles. The van der Waals surface area contributed by atoms with Crippen LogP contribution in [0.15, 0.2) is 59.2 Å². The van der Waals surface area contributed by atoms with E-state index in [4.69, 9.17) is 18.6 Å². The van der Waals surface area contributed by atoms with Gasteiger partial charge in [0.15, 0.2) is 11.5 Å². The van der Waals surface area contributed by atoms with Crippen LogP contribution in [0.5, 0.6) is 17.2 Å². The first-order valence-electron chi connectivity index (χ1n) is 12.2. The standard InChI is InChI=1S/C31H33NO5/c1-8-36-30-21(5)31-25(26(17-37-31)23-11-9-18(2)13-19(23)3)16-24(30)20(4)14-29(33)32-22-10-12-27(34-6)28(15-22)35-7/h9-17H,8H2,1-7H3,(H,32,33)/b20-14+. The van der Waals surface area contributed by atoms with Gasteiger partial charge in [-0.15, -0.1) is 0 Å². The molecule has 0 aliphatic carbocycles. The summed E-state index contributed by atoms with van der Waals surface area (Å²) in [7, 11) is 3.13. The zero-order valence-corrected chi connectivity index (χ0v) is 22.4. The molecule has 0 fully saturated rings. The smallest absolute Gasteiger partial charge is 0.248 e. The van der Waals surface area contributed by atoms with Crippen LogP contribution in [-0.2, 0) is 4.79 Å². The number of aryl methyl sites for hydroxylation is 3. The molecule has 4 aromatic rings. The van der Waals surface area contributed by atoms with Crippen molar-refractivity contribution in [3.05, 3.63) is 77.1 Å². The summed E-state index contributed by atoms with van der Waals surface area (Å²) in [5.41, 5.74) is 8.44. The molecule has 37 heavy (non-hydrogen) atoms. The SMILES string of the molecule is CCOc1c(/C(C)=C/C(=O)Nc2ccc(OC)c(OC)c2)cc2c(-c3ccc(C)cc3C)coc2c1C. The minimum absolute atomic E-state index is 0.258. The number of nitrogens with one attached hydrogen (secondary N) is 1. The second-order valence-corrected chi connectivity index (χ2v) is 9.04. The Kier molecular flexibility index (Phi) is 7.58. The minimum atomic E-state index is -0.258. The normalized spacial score (nSPS) is 11.5. The predicted octanol–water partition coefficient (Wildman–Crippen LogP) is 7.48. The quantitative estimate of drug-likeness (QED) is 0.254. The Bertz CT molecular complexity index is 1500. The van der Waals surface area contributed by atoms with Crippen molar-refractivity contribution >= 4 is 28.1 Å². The number of furan rings is 1. The number of ether oxygens (including phenoxy) is 3. The van der Waals surface area contributed by atoms with Crippen molar-refractivity contribution in [2.75, 3.05) is 26.1 Å². The number of carbonyl (C=O) groups excluding carboxylic acids is 1. The summed E-state index contributed by atoms with van der Waals surface area (Å²) in [6.45, 7) is 10.5. The van der Waals surface area contributed by atoms with Gasteiger partial charge in [0, 0.05) is 39.9 Å². The highest BCUT2D eigenvalue weighted by molar-refractivity contribution is 6.06. The topological polar surface area (TPSA) is 69.9 Å². The summed E-state index contributed by atoms with van der Waals surface area (Å²) in [4.78, 5) is 13.0. The Balaban J connectivity index is 1.76. The lowest BCUT2D eigenvalue weighted by Gasteiger charge is -2.15. The molecule has 1 heterocycles. The van der Waals surface area contributed by atoms with E-state index in [0.717, 1.165) is 38.8 Å². The maximum absolute atomic E-state index is 13.0. The molecular formula is C31H33NO5. The molecule has 0 unspecified atom stereocenters. The Morgan fingerprint density at radius 2 is 1.73 bits per heavy atom. The first-order chi connectivity index (χ1) is 17.8.